The predicted octanol–water partition coefficient (Wildman–Crippen LogP) is 5.13. The Morgan fingerprint density at radius 2 is 0.983 bits per heavy atom. The van der Waals surface area contributed by atoms with Crippen molar-refractivity contribution in [1.82, 2.24) is 21.3 Å². The molecule has 0 radical (unpaired) electrons. The van der Waals surface area contributed by atoms with Crippen molar-refractivity contribution in [3.05, 3.63) is 71.0 Å². The molecule has 0 saturated carbocycles. The van der Waals surface area contributed by atoms with Gasteiger partial charge in [0.05, 0.1) is 13.1 Å². The van der Waals surface area contributed by atoms with E-state index in [0.29, 0.717) is 63.5 Å². The van der Waals surface area contributed by atoms with Gasteiger partial charge >= 0.3 is 24.4 Å². The van der Waals surface area contributed by atoms with Gasteiger partial charge in [-0.2, -0.15) is 0 Å². The fourth-order valence-corrected chi connectivity index (χ4v) is 6.00. The van der Waals surface area contributed by atoms with Crippen LogP contribution in [0.5, 0.6) is 0 Å². The molecule has 0 aromatic heterocycles. The van der Waals surface area contributed by atoms with Crippen molar-refractivity contribution < 1.29 is 52.6 Å². The number of alkyl carbamates (subject to hydrolysis) is 4. The molecule has 4 amide bonds. The lowest BCUT2D eigenvalue weighted by Crippen LogP contribution is -2.35. The van der Waals surface area contributed by atoms with Crippen LogP contribution in [0.3, 0.4) is 0 Å². The van der Waals surface area contributed by atoms with E-state index in [1.54, 1.807) is 48.6 Å². The first-order valence-electron chi connectivity index (χ1n) is 21.3. The topological polar surface area (TPSA) is 200 Å². The highest BCUT2D eigenvalue weighted by atomic mass is 16.6. The van der Waals surface area contributed by atoms with Crippen LogP contribution in [0, 0.1) is 0 Å². The fraction of sp³-hybridized carbons (Fsp3) is 0.545. The third kappa shape index (κ3) is 16.8. The number of anilines is 1. The number of hydrogen-bond donors (Lipinski definition) is 4. The highest BCUT2D eigenvalue weighted by Gasteiger charge is 2.31. The highest BCUT2D eigenvalue weighted by Crippen LogP contribution is 2.37. The van der Waals surface area contributed by atoms with Crippen LogP contribution in [0.15, 0.2) is 65.5 Å². The lowest BCUT2D eigenvalue weighted by atomic mass is 9.80. The van der Waals surface area contributed by atoms with Crippen molar-refractivity contribution in [2.75, 3.05) is 83.7 Å². The van der Waals surface area contributed by atoms with Crippen molar-refractivity contribution in [2.24, 2.45) is 0 Å². The summed E-state index contributed by atoms with van der Waals surface area (Å²) < 4.78 is 23.3. The molecule has 0 fully saturated rings. The Balaban J connectivity index is 1.72. The summed E-state index contributed by atoms with van der Waals surface area (Å²) in [6.45, 7) is 11.8. The van der Waals surface area contributed by atoms with E-state index < -0.39 is 24.4 Å². The molecule has 4 N–H and O–H groups in total. The van der Waals surface area contributed by atoms with Crippen LogP contribution < -0.4 is 31.3 Å². The van der Waals surface area contributed by atoms with Gasteiger partial charge in [-0.15, -0.1) is 0 Å². The number of nitrogens with zero attached hydrogens (tertiary/aromatic N) is 2. The van der Waals surface area contributed by atoms with E-state index in [2.05, 4.69) is 21.3 Å². The number of hydrogen-bond acceptors (Lipinski definition) is 11. The molecule has 2 aliphatic carbocycles. The van der Waals surface area contributed by atoms with Gasteiger partial charge in [-0.25, -0.2) is 23.8 Å². The summed E-state index contributed by atoms with van der Waals surface area (Å²) >= 11 is 0. The van der Waals surface area contributed by atoms with Gasteiger partial charge in [0.15, 0.2) is 37.8 Å². The van der Waals surface area contributed by atoms with E-state index in [0.717, 1.165) is 62.8 Å². The molecule has 0 spiro atoms. The number of allylic oxidation sites excluding steroid dienone is 7. The molecule has 0 heterocycles. The zero-order valence-corrected chi connectivity index (χ0v) is 35.7. The zero-order valence-electron chi connectivity index (χ0n) is 35.7. The third-order valence-corrected chi connectivity index (χ3v) is 9.53. The number of benzene rings is 1. The van der Waals surface area contributed by atoms with Crippen LogP contribution in [-0.4, -0.2) is 119 Å². The second kappa shape index (κ2) is 27.8. The van der Waals surface area contributed by atoms with Crippen LogP contribution in [0.1, 0.15) is 84.6 Å². The normalized spacial score (nSPS) is 13.1. The van der Waals surface area contributed by atoms with E-state index in [1.165, 1.54) is 0 Å². The molecule has 1 aromatic carbocycles. The molecule has 16 heteroatoms. The Bertz CT molecular complexity index is 1660. The third-order valence-electron chi connectivity index (χ3n) is 9.53. The van der Waals surface area contributed by atoms with Crippen LogP contribution in [0.4, 0.5) is 24.9 Å². The molecule has 330 valence electrons. The minimum absolute atomic E-state index is 0.0803. The second-order valence-corrected chi connectivity index (χ2v) is 14.1. The Hall–Kier alpha value is -5.80. The van der Waals surface area contributed by atoms with Gasteiger partial charge in [0.25, 0.3) is 0 Å². The van der Waals surface area contributed by atoms with Gasteiger partial charge in [-0.1, -0.05) is 71.3 Å². The summed E-state index contributed by atoms with van der Waals surface area (Å²) in [5.41, 5.74) is 2.54. The fourth-order valence-electron chi connectivity index (χ4n) is 6.00. The molecule has 0 aliphatic heterocycles. The van der Waals surface area contributed by atoms with Gasteiger partial charge < -0.3 is 50.2 Å². The molecule has 0 atom stereocenters. The largest absolute Gasteiger partial charge is 0.871 e. The average molecular weight is 837 g/mol. The number of carbonyl (C=O) groups is 5. The number of unbranched alkanes of at least 4 members (excludes halogenated alkanes) is 4. The van der Waals surface area contributed by atoms with Gasteiger partial charge in [-0.05, 0) is 61.1 Å². The van der Waals surface area contributed by atoms with E-state index in [4.69, 9.17) is 18.9 Å². The van der Waals surface area contributed by atoms with Crippen LogP contribution in [0.2, 0.25) is 0 Å². The predicted molar refractivity (Wildman–Crippen MR) is 228 cm³/mol. The quantitative estimate of drug-likeness (QED) is 0.0418. The Morgan fingerprint density at radius 3 is 1.37 bits per heavy atom. The van der Waals surface area contributed by atoms with E-state index in [1.807, 2.05) is 37.2 Å². The molecule has 0 saturated heterocycles. The van der Waals surface area contributed by atoms with Crippen molar-refractivity contribution in [3.8, 4) is 0 Å². The first kappa shape index (κ1) is 48.6. The Labute approximate surface area is 354 Å². The smallest absolute Gasteiger partial charge is 0.407 e. The first-order valence-corrected chi connectivity index (χ1v) is 21.3. The summed E-state index contributed by atoms with van der Waals surface area (Å²) in [4.78, 5) is 63.8. The molecule has 16 nitrogen and oxygen atoms in total. The Kier molecular flexibility index (Phi) is 22.5. The van der Waals surface area contributed by atoms with Crippen LogP contribution in [0.25, 0.3) is 5.57 Å². The average Bonchev–Trinajstić information content (AvgIpc) is 3.23. The van der Waals surface area contributed by atoms with Gasteiger partial charge in [-0.3, -0.25) is 4.79 Å². The lowest BCUT2D eigenvalue weighted by Gasteiger charge is -2.32. The Morgan fingerprint density at radius 1 is 0.583 bits per heavy atom. The molecular weight excluding hydrogens is 773 g/mol. The molecule has 0 unspecified atom stereocenters. The van der Waals surface area contributed by atoms with Crippen molar-refractivity contribution >= 4 is 47.1 Å². The molecule has 60 heavy (non-hydrogen) atoms. The highest BCUT2D eigenvalue weighted by molar-refractivity contribution is 6.39. The maximum atomic E-state index is 13.5. The number of amides is 4. The van der Waals surface area contributed by atoms with Crippen LogP contribution >= 0.6 is 0 Å². The standard InChI is InChI=1S/C44H64N6O10/c1-5-9-21-45-41(53)57-29-25-49(26-30-58-42(54)46-22-10-6-2)35-17-13-33(14-18-35)37-39(51)38(40(37)52)34-15-19-36(20-16-34)50(27-31-59-43(55)47-23-11-7-3)28-32-60-44(56)48-24-12-8-4/h13-20H,5-12,21-32H2,1-4H3,(H4-,45,46,47,48,51,52,53,54,55,56). The molecule has 1 aromatic rings. The van der Waals surface area contributed by atoms with Gasteiger partial charge in [0.1, 0.15) is 13.2 Å². The van der Waals surface area contributed by atoms with Gasteiger partial charge in [0.2, 0.25) is 0 Å². The molecular formula is C44H64N6O10. The maximum absolute atomic E-state index is 13.5. The number of nitrogens with one attached hydrogen (secondary N) is 4. The summed E-state index contributed by atoms with van der Waals surface area (Å²) in [6, 6.07) is 6.92. The first-order chi connectivity index (χ1) is 29.1. The monoisotopic (exact) mass is 836 g/mol. The van der Waals surface area contributed by atoms with Crippen molar-refractivity contribution in [2.45, 2.75) is 79.1 Å². The lowest BCUT2D eigenvalue weighted by molar-refractivity contribution is -0.530. The number of carbonyl (C=O) groups excluding carboxylic acids is 5. The van der Waals surface area contributed by atoms with E-state index in [9.17, 15) is 29.1 Å². The summed E-state index contributed by atoms with van der Waals surface area (Å²) in [5, 5.41) is 24.3. The number of ketones is 1. The van der Waals surface area contributed by atoms with E-state index >= 15 is 0 Å². The minimum Gasteiger partial charge on any atom is -0.871 e. The molecule has 0 bridgehead atoms. The van der Waals surface area contributed by atoms with Crippen molar-refractivity contribution in [3.63, 3.8) is 0 Å². The van der Waals surface area contributed by atoms with Crippen molar-refractivity contribution in [1.29, 1.82) is 0 Å². The SMILES string of the molecule is CCCCNC(=O)OCCN(CCOC(=O)NCCCC)c1ccc(C2=C([O-])C(=C3C=CC(=[N+](CCOC(=O)NCCCC)CCOC(=O)NCCCC)C=C3)C2=O)cc1. The maximum Gasteiger partial charge on any atom is 0.407 e. The molecule has 3 rings (SSSR count). The second-order valence-electron chi connectivity index (χ2n) is 14.1. The summed E-state index contributed by atoms with van der Waals surface area (Å²) in [5.74, 6) is -0.742. The zero-order chi connectivity index (χ0) is 43.5. The number of ether oxygens (including phenoxy) is 4. The van der Waals surface area contributed by atoms with Crippen LogP contribution in [-0.2, 0) is 23.7 Å². The summed E-state index contributed by atoms with van der Waals surface area (Å²) in [6.07, 6.45) is 12.0. The molecule has 2 aliphatic rings. The summed E-state index contributed by atoms with van der Waals surface area (Å²) in [7, 11) is 0. The van der Waals surface area contributed by atoms with Gasteiger partial charge in [0, 0.05) is 55.2 Å². The van der Waals surface area contributed by atoms with E-state index in [-0.39, 0.29) is 49.1 Å². The minimum atomic E-state index is -0.509. The number of rotatable bonds is 26. The number of Topliss-reactive ketones (excluding diaryl/α,β-unsaturated/α-hetero) is 1.